The number of benzene rings is 2. The fraction of sp³-hybridized carbons (Fsp3) is 0.118. The molecule has 0 unspecified atom stereocenters. The van der Waals surface area contributed by atoms with Crippen molar-refractivity contribution in [2.75, 3.05) is 18.4 Å². The number of para-hydroxylation sites is 1. The number of amides is 2. The molecule has 2 rings (SSSR count). The normalized spacial score (nSPS) is 10.9. The van der Waals surface area contributed by atoms with Crippen molar-refractivity contribution in [3.8, 4) is 0 Å². The molecule has 27 heavy (non-hydrogen) atoms. The van der Waals surface area contributed by atoms with Crippen LogP contribution in [0.15, 0.2) is 53.6 Å². The van der Waals surface area contributed by atoms with Crippen LogP contribution in [0.5, 0.6) is 0 Å². The Labute approximate surface area is 155 Å². The molecular weight excluding hydrogens is 350 g/mol. The Morgan fingerprint density at radius 1 is 1.07 bits per heavy atom. The number of hydrogen-bond donors (Lipinski definition) is 6. The van der Waals surface area contributed by atoms with Gasteiger partial charge in [0.1, 0.15) is 0 Å². The highest BCUT2D eigenvalue weighted by molar-refractivity contribution is 6.02. The maximum Gasteiger partial charge on any atom is 0.335 e. The molecule has 10 nitrogen and oxygen atoms in total. The van der Waals surface area contributed by atoms with E-state index < -0.39 is 12.0 Å². The Bertz CT molecular complexity index is 837. The van der Waals surface area contributed by atoms with Crippen LogP contribution in [-0.4, -0.2) is 41.1 Å². The van der Waals surface area contributed by atoms with Gasteiger partial charge in [-0.05, 0) is 36.4 Å². The SMILES string of the molecule is NC(=O)NCCN(N)/N=C(\N)c1ccccc1Nc1ccc(C(=O)O)cc1. The van der Waals surface area contributed by atoms with E-state index in [1.165, 1.54) is 12.1 Å². The lowest BCUT2D eigenvalue weighted by Crippen LogP contribution is -2.39. The van der Waals surface area contributed by atoms with Crippen molar-refractivity contribution in [3.63, 3.8) is 0 Å². The molecule has 0 saturated heterocycles. The van der Waals surface area contributed by atoms with Gasteiger partial charge in [-0.2, -0.15) is 0 Å². The van der Waals surface area contributed by atoms with Gasteiger partial charge in [0.15, 0.2) is 5.84 Å². The Balaban J connectivity index is 2.12. The first-order valence-electron chi connectivity index (χ1n) is 7.96. The summed E-state index contributed by atoms with van der Waals surface area (Å²) in [7, 11) is 0. The third-order valence-corrected chi connectivity index (χ3v) is 3.49. The molecule has 0 aliphatic rings. The monoisotopic (exact) mass is 371 g/mol. The number of rotatable bonds is 8. The summed E-state index contributed by atoms with van der Waals surface area (Å²) in [6.45, 7) is 0.439. The van der Waals surface area contributed by atoms with Gasteiger partial charge in [0.2, 0.25) is 0 Å². The van der Waals surface area contributed by atoms with Crippen molar-refractivity contribution in [1.82, 2.24) is 10.4 Å². The number of nitrogens with one attached hydrogen (secondary N) is 2. The molecule has 2 aromatic carbocycles. The van der Waals surface area contributed by atoms with Crippen molar-refractivity contribution < 1.29 is 14.7 Å². The average molecular weight is 371 g/mol. The summed E-state index contributed by atoms with van der Waals surface area (Å²) in [6.07, 6.45) is 0. The zero-order valence-corrected chi connectivity index (χ0v) is 14.4. The van der Waals surface area contributed by atoms with Crippen LogP contribution in [0.1, 0.15) is 15.9 Å². The second-order valence-electron chi connectivity index (χ2n) is 5.49. The van der Waals surface area contributed by atoms with Crippen LogP contribution in [0.4, 0.5) is 16.2 Å². The third-order valence-electron chi connectivity index (χ3n) is 3.49. The Hall–Kier alpha value is -3.79. The maximum absolute atomic E-state index is 10.9. The van der Waals surface area contributed by atoms with Crippen molar-refractivity contribution in [1.29, 1.82) is 0 Å². The van der Waals surface area contributed by atoms with Crippen molar-refractivity contribution in [2.24, 2.45) is 22.4 Å². The van der Waals surface area contributed by atoms with Crippen molar-refractivity contribution in [3.05, 3.63) is 59.7 Å². The standard InChI is InChI=1S/C17H21N7O3/c18-15(23-24(20)10-9-21-17(19)27)13-3-1-2-4-14(13)22-12-7-5-11(6-8-12)16(25)26/h1-8,22H,9-10,20H2,(H2,18,23)(H,25,26)(H3,19,21,27). The maximum atomic E-state index is 10.9. The second kappa shape index (κ2) is 9.06. The van der Waals surface area contributed by atoms with Crippen LogP contribution in [0, 0.1) is 0 Å². The molecule has 10 heteroatoms. The fourth-order valence-corrected chi connectivity index (χ4v) is 2.20. The first-order valence-corrected chi connectivity index (χ1v) is 7.96. The van der Waals surface area contributed by atoms with Crippen molar-refractivity contribution >= 4 is 29.2 Å². The molecule has 0 aliphatic heterocycles. The molecule has 0 radical (unpaired) electrons. The zero-order valence-electron chi connectivity index (χ0n) is 14.4. The Kier molecular flexibility index (Phi) is 6.55. The number of carbonyl (C=O) groups excluding carboxylic acids is 1. The highest BCUT2D eigenvalue weighted by atomic mass is 16.4. The van der Waals surface area contributed by atoms with Crippen LogP contribution in [-0.2, 0) is 0 Å². The number of hydrazone groups is 1. The minimum atomic E-state index is -0.993. The van der Waals surface area contributed by atoms with Crippen LogP contribution >= 0.6 is 0 Å². The number of nitrogens with zero attached hydrogens (tertiary/aromatic N) is 2. The minimum Gasteiger partial charge on any atom is -0.478 e. The van der Waals surface area contributed by atoms with Gasteiger partial charge in [-0.1, -0.05) is 12.1 Å². The average Bonchev–Trinajstić information content (AvgIpc) is 2.62. The summed E-state index contributed by atoms with van der Waals surface area (Å²) in [4.78, 5) is 21.6. The number of carboxylic acid groups (broad SMARTS) is 1. The van der Waals surface area contributed by atoms with E-state index in [0.717, 1.165) is 5.12 Å². The van der Waals surface area contributed by atoms with E-state index in [9.17, 15) is 9.59 Å². The van der Waals surface area contributed by atoms with Gasteiger partial charge in [0, 0.05) is 23.5 Å². The van der Waals surface area contributed by atoms with Gasteiger partial charge in [-0.15, -0.1) is 5.10 Å². The number of primary amides is 1. The first-order chi connectivity index (χ1) is 12.9. The summed E-state index contributed by atoms with van der Waals surface area (Å²) >= 11 is 0. The Morgan fingerprint density at radius 2 is 1.74 bits per heavy atom. The summed E-state index contributed by atoms with van der Waals surface area (Å²) in [6, 6.07) is 12.8. The van der Waals surface area contributed by atoms with Gasteiger partial charge < -0.3 is 27.2 Å². The van der Waals surface area contributed by atoms with Crippen LogP contribution in [0.25, 0.3) is 0 Å². The molecule has 0 spiro atoms. The predicted octanol–water partition coefficient (Wildman–Crippen LogP) is 0.593. The van der Waals surface area contributed by atoms with Gasteiger partial charge in [-0.25, -0.2) is 20.5 Å². The molecule has 9 N–H and O–H groups in total. The van der Waals surface area contributed by atoms with Gasteiger partial charge in [-0.3, -0.25) is 0 Å². The predicted molar refractivity (Wildman–Crippen MR) is 102 cm³/mol. The molecular formula is C17H21N7O3. The molecule has 0 bridgehead atoms. The molecule has 0 fully saturated rings. The van der Waals surface area contributed by atoms with Gasteiger partial charge in [0.05, 0.1) is 12.1 Å². The molecule has 0 atom stereocenters. The Morgan fingerprint density at radius 3 is 2.37 bits per heavy atom. The summed E-state index contributed by atoms with van der Waals surface area (Å²) < 4.78 is 0. The van der Waals surface area contributed by atoms with Crippen molar-refractivity contribution in [2.45, 2.75) is 0 Å². The highest BCUT2D eigenvalue weighted by Crippen LogP contribution is 2.21. The third kappa shape index (κ3) is 5.90. The first kappa shape index (κ1) is 19.5. The molecule has 2 aromatic rings. The van der Waals surface area contributed by atoms with E-state index in [0.29, 0.717) is 16.9 Å². The highest BCUT2D eigenvalue weighted by Gasteiger charge is 2.09. The fourth-order valence-electron chi connectivity index (χ4n) is 2.20. The molecule has 2 amide bonds. The lowest BCUT2D eigenvalue weighted by Gasteiger charge is -2.16. The van der Waals surface area contributed by atoms with E-state index in [2.05, 4.69) is 15.7 Å². The van der Waals surface area contributed by atoms with Gasteiger partial charge >= 0.3 is 12.0 Å². The lowest BCUT2D eigenvalue weighted by atomic mass is 10.1. The van der Waals surface area contributed by atoms with E-state index in [1.54, 1.807) is 30.3 Å². The summed E-state index contributed by atoms with van der Waals surface area (Å²) in [5.41, 5.74) is 13.2. The zero-order chi connectivity index (χ0) is 19.8. The molecule has 0 aromatic heterocycles. The van der Waals surface area contributed by atoms with E-state index in [-0.39, 0.29) is 24.5 Å². The molecule has 0 saturated carbocycles. The smallest absolute Gasteiger partial charge is 0.335 e. The van der Waals surface area contributed by atoms with E-state index in [4.69, 9.17) is 22.4 Å². The van der Waals surface area contributed by atoms with Crippen LogP contribution in [0.3, 0.4) is 0 Å². The number of anilines is 2. The van der Waals surface area contributed by atoms with E-state index in [1.807, 2.05) is 6.07 Å². The number of carboxylic acids is 1. The number of aromatic carboxylic acids is 1. The quantitative estimate of drug-likeness (QED) is 0.170. The van der Waals surface area contributed by atoms with Crippen LogP contribution in [0.2, 0.25) is 0 Å². The topological polar surface area (TPSA) is 172 Å². The number of carbonyl (C=O) groups is 2. The summed E-state index contributed by atoms with van der Waals surface area (Å²) in [5.74, 6) is 4.92. The number of amidine groups is 1. The number of nitrogens with two attached hydrogens (primary N) is 3. The van der Waals surface area contributed by atoms with E-state index >= 15 is 0 Å². The minimum absolute atomic E-state index is 0.168. The molecule has 0 aliphatic carbocycles. The van der Waals surface area contributed by atoms with Gasteiger partial charge in [0.25, 0.3) is 0 Å². The molecule has 142 valence electrons. The number of urea groups is 1. The molecule has 0 heterocycles. The van der Waals surface area contributed by atoms with Crippen LogP contribution < -0.4 is 27.9 Å². The largest absolute Gasteiger partial charge is 0.478 e. The number of hydrazine groups is 1. The summed E-state index contributed by atoms with van der Waals surface area (Å²) in [5, 5.41) is 19.7. The lowest BCUT2D eigenvalue weighted by molar-refractivity contribution is 0.0697. The number of hydrogen-bond acceptors (Lipinski definition) is 6. The second-order valence-corrected chi connectivity index (χ2v) is 5.49.